The molecule has 1 saturated heterocycles. The van der Waals surface area contributed by atoms with Crippen molar-refractivity contribution >= 4 is 29.8 Å². The van der Waals surface area contributed by atoms with Crippen molar-refractivity contribution < 1.29 is 14.1 Å². The fourth-order valence-corrected chi connectivity index (χ4v) is 4.13. The molecule has 0 radical (unpaired) electrons. The summed E-state index contributed by atoms with van der Waals surface area (Å²) in [5.41, 5.74) is 3.57. The van der Waals surface area contributed by atoms with E-state index >= 15 is 0 Å². The molecule has 1 fully saturated rings. The minimum Gasteiger partial charge on any atom is -0.399 e. The molecule has 0 spiro atoms. The number of benzene rings is 2. The van der Waals surface area contributed by atoms with Gasteiger partial charge in [0.1, 0.15) is 0 Å². The largest absolute Gasteiger partial charge is 0.495 e. The highest BCUT2D eigenvalue weighted by Gasteiger charge is 2.52. The number of fused-ring (bicyclic) bond motifs is 1. The van der Waals surface area contributed by atoms with Gasteiger partial charge in [0, 0.05) is 17.4 Å². The van der Waals surface area contributed by atoms with Crippen LogP contribution in [0.4, 0.5) is 0 Å². The van der Waals surface area contributed by atoms with Crippen molar-refractivity contribution in [3.8, 4) is 0 Å². The van der Waals surface area contributed by atoms with E-state index < -0.39 is 0 Å². The standard InChI is InChI=1S/C25H30BNO3/c1-24(2)25(3,4)30-26(29-24)22-14-7-5-11-19(22)12-9-10-16-27-21(18-28)17-20-13-6-8-15-23(20)27/h5-8,11,13-15,17-18H,9-10,12,16H2,1-4H3. The van der Waals surface area contributed by atoms with Gasteiger partial charge in [0.2, 0.25) is 0 Å². The molecule has 0 saturated carbocycles. The van der Waals surface area contributed by atoms with E-state index in [4.69, 9.17) is 9.31 Å². The Labute approximate surface area is 179 Å². The van der Waals surface area contributed by atoms with Crippen LogP contribution in [-0.4, -0.2) is 29.2 Å². The molecule has 5 heteroatoms. The summed E-state index contributed by atoms with van der Waals surface area (Å²) in [6, 6.07) is 18.5. The average molecular weight is 403 g/mol. The summed E-state index contributed by atoms with van der Waals surface area (Å²) < 4.78 is 14.7. The molecule has 1 aromatic heterocycles. The first-order valence-electron chi connectivity index (χ1n) is 10.8. The summed E-state index contributed by atoms with van der Waals surface area (Å²) in [7, 11) is -0.332. The molecule has 1 aliphatic rings. The van der Waals surface area contributed by atoms with Crippen molar-refractivity contribution in [1.82, 2.24) is 4.57 Å². The van der Waals surface area contributed by atoms with Crippen LogP contribution in [-0.2, 0) is 22.3 Å². The lowest BCUT2D eigenvalue weighted by Crippen LogP contribution is -2.41. The number of para-hydroxylation sites is 1. The fraction of sp³-hybridized carbons (Fsp3) is 0.400. The van der Waals surface area contributed by atoms with Crippen LogP contribution in [0.2, 0.25) is 0 Å². The fourth-order valence-electron chi connectivity index (χ4n) is 4.13. The molecule has 1 aliphatic heterocycles. The van der Waals surface area contributed by atoms with E-state index in [0.717, 1.165) is 54.2 Å². The first-order chi connectivity index (χ1) is 14.3. The van der Waals surface area contributed by atoms with Crippen molar-refractivity contribution in [2.24, 2.45) is 0 Å². The number of hydrogen-bond donors (Lipinski definition) is 0. The highest BCUT2D eigenvalue weighted by molar-refractivity contribution is 6.62. The van der Waals surface area contributed by atoms with Crippen LogP contribution in [0.1, 0.15) is 56.6 Å². The molecule has 0 amide bonds. The molecule has 0 atom stereocenters. The number of rotatable bonds is 7. The molecule has 2 aromatic carbocycles. The number of unbranched alkanes of at least 4 members (excludes halogenated alkanes) is 1. The van der Waals surface area contributed by atoms with Gasteiger partial charge in [-0.25, -0.2) is 0 Å². The van der Waals surface area contributed by atoms with Gasteiger partial charge in [0.15, 0.2) is 6.29 Å². The third kappa shape index (κ3) is 3.84. The van der Waals surface area contributed by atoms with Crippen LogP contribution < -0.4 is 5.46 Å². The zero-order chi connectivity index (χ0) is 21.4. The van der Waals surface area contributed by atoms with E-state index in [1.165, 1.54) is 5.56 Å². The Hall–Kier alpha value is -2.37. The first kappa shape index (κ1) is 20.9. The maximum atomic E-state index is 11.5. The highest BCUT2D eigenvalue weighted by atomic mass is 16.7. The van der Waals surface area contributed by atoms with Gasteiger partial charge >= 0.3 is 7.12 Å². The molecule has 156 valence electrons. The van der Waals surface area contributed by atoms with Crippen LogP contribution in [0.3, 0.4) is 0 Å². The van der Waals surface area contributed by atoms with Gasteiger partial charge in [-0.2, -0.15) is 0 Å². The molecule has 4 rings (SSSR count). The maximum Gasteiger partial charge on any atom is 0.495 e. The van der Waals surface area contributed by atoms with E-state index in [-0.39, 0.29) is 18.3 Å². The predicted octanol–water partition coefficient (Wildman–Crippen LogP) is 4.78. The van der Waals surface area contributed by atoms with Crippen LogP contribution in [0.5, 0.6) is 0 Å². The summed E-state index contributed by atoms with van der Waals surface area (Å²) in [5.74, 6) is 0. The molecule has 4 nitrogen and oxygen atoms in total. The van der Waals surface area contributed by atoms with Gasteiger partial charge in [-0.15, -0.1) is 0 Å². The summed E-state index contributed by atoms with van der Waals surface area (Å²) in [6.07, 6.45) is 3.93. The lowest BCUT2D eigenvalue weighted by atomic mass is 9.75. The van der Waals surface area contributed by atoms with E-state index in [2.05, 4.69) is 62.6 Å². The van der Waals surface area contributed by atoms with Crippen molar-refractivity contribution in [3.63, 3.8) is 0 Å². The Bertz CT molecular complexity index is 1040. The average Bonchev–Trinajstić information content (AvgIpc) is 3.18. The second-order valence-corrected chi connectivity index (χ2v) is 9.14. The number of aryl methyl sites for hydroxylation is 2. The zero-order valence-electron chi connectivity index (χ0n) is 18.4. The SMILES string of the molecule is CC1(C)OB(c2ccccc2CCCCn2c(C=O)cc3ccccc32)OC1(C)C. The third-order valence-corrected chi connectivity index (χ3v) is 6.60. The smallest absolute Gasteiger partial charge is 0.399 e. The Morgan fingerprint density at radius 2 is 1.60 bits per heavy atom. The van der Waals surface area contributed by atoms with E-state index in [1.807, 2.05) is 24.3 Å². The van der Waals surface area contributed by atoms with Crippen molar-refractivity contribution in [1.29, 1.82) is 0 Å². The Balaban J connectivity index is 1.43. The quantitative estimate of drug-likeness (QED) is 0.324. The number of aldehydes is 1. The normalized spacial score (nSPS) is 17.5. The van der Waals surface area contributed by atoms with E-state index in [0.29, 0.717) is 0 Å². The Morgan fingerprint density at radius 1 is 0.933 bits per heavy atom. The number of carbonyl (C=O) groups excluding carboxylic acids is 1. The molecule has 3 aromatic rings. The molecule has 2 heterocycles. The van der Waals surface area contributed by atoms with Gasteiger partial charge in [0.25, 0.3) is 0 Å². The minimum atomic E-state index is -0.342. The molecule has 0 unspecified atom stereocenters. The lowest BCUT2D eigenvalue weighted by Gasteiger charge is -2.32. The van der Waals surface area contributed by atoms with E-state index in [1.54, 1.807) is 0 Å². The summed E-state index contributed by atoms with van der Waals surface area (Å²) in [6.45, 7) is 9.17. The van der Waals surface area contributed by atoms with Crippen molar-refractivity contribution in [2.75, 3.05) is 0 Å². The predicted molar refractivity (Wildman–Crippen MR) is 122 cm³/mol. The first-order valence-corrected chi connectivity index (χ1v) is 10.8. The van der Waals surface area contributed by atoms with Gasteiger partial charge in [-0.3, -0.25) is 4.79 Å². The molecular weight excluding hydrogens is 373 g/mol. The zero-order valence-corrected chi connectivity index (χ0v) is 18.4. The maximum absolute atomic E-state index is 11.5. The molecule has 0 N–H and O–H groups in total. The molecule has 0 aliphatic carbocycles. The van der Waals surface area contributed by atoms with Crippen LogP contribution in [0, 0.1) is 0 Å². The molecular formula is C25H30BNO3. The number of aromatic nitrogens is 1. The monoisotopic (exact) mass is 403 g/mol. The lowest BCUT2D eigenvalue weighted by molar-refractivity contribution is 0.00578. The van der Waals surface area contributed by atoms with Gasteiger partial charge in [-0.05, 0) is 70.1 Å². The molecule has 0 bridgehead atoms. The number of carbonyl (C=O) groups is 1. The second kappa shape index (κ2) is 8.05. The van der Waals surface area contributed by atoms with Crippen LogP contribution in [0.15, 0.2) is 54.6 Å². The number of nitrogens with zero attached hydrogens (tertiary/aromatic N) is 1. The summed E-state index contributed by atoms with van der Waals surface area (Å²) >= 11 is 0. The van der Waals surface area contributed by atoms with Crippen LogP contribution >= 0.6 is 0 Å². The van der Waals surface area contributed by atoms with Gasteiger partial charge in [-0.1, -0.05) is 42.5 Å². The minimum absolute atomic E-state index is 0.332. The van der Waals surface area contributed by atoms with Gasteiger partial charge in [0.05, 0.1) is 16.9 Å². The Kier molecular flexibility index (Phi) is 5.60. The van der Waals surface area contributed by atoms with Crippen LogP contribution in [0.25, 0.3) is 10.9 Å². The van der Waals surface area contributed by atoms with E-state index in [9.17, 15) is 4.79 Å². The molecule has 30 heavy (non-hydrogen) atoms. The topological polar surface area (TPSA) is 40.5 Å². The van der Waals surface area contributed by atoms with Crippen molar-refractivity contribution in [2.45, 2.75) is 64.7 Å². The summed E-state index contributed by atoms with van der Waals surface area (Å²) in [5, 5.41) is 1.12. The second-order valence-electron chi connectivity index (χ2n) is 9.14. The van der Waals surface area contributed by atoms with Gasteiger partial charge < -0.3 is 13.9 Å². The number of hydrogen-bond acceptors (Lipinski definition) is 3. The van der Waals surface area contributed by atoms with Crippen molar-refractivity contribution in [3.05, 3.63) is 65.9 Å². The Morgan fingerprint density at radius 3 is 2.33 bits per heavy atom. The summed E-state index contributed by atoms with van der Waals surface area (Å²) in [4.78, 5) is 11.5. The third-order valence-electron chi connectivity index (χ3n) is 6.60. The highest BCUT2D eigenvalue weighted by Crippen LogP contribution is 2.36.